The van der Waals surface area contributed by atoms with E-state index in [9.17, 15) is 24.6 Å². The summed E-state index contributed by atoms with van der Waals surface area (Å²) >= 11 is 0. The molecule has 3 saturated carbocycles. The molecule has 6 heteroatoms. The summed E-state index contributed by atoms with van der Waals surface area (Å²) in [5.41, 5.74) is -1.21. The lowest BCUT2D eigenvalue weighted by atomic mass is 9.44. The van der Waals surface area contributed by atoms with Crippen molar-refractivity contribution >= 4 is 17.5 Å². The van der Waals surface area contributed by atoms with Gasteiger partial charge in [-0.15, -0.1) is 0 Å². The molecule has 0 unspecified atom stereocenters. The van der Waals surface area contributed by atoms with Gasteiger partial charge >= 0.3 is 5.97 Å². The van der Waals surface area contributed by atoms with Gasteiger partial charge in [-0.2, -0.15) is 0 Å². The highest BCUT2D eigenvalue weighted by atomic mass is 16.6. The second kappa shape index (κ2) is 7.76. The fourth-order valence-electron chi connectivity index (χ4n) is 8.21. The van der Waals surface area contributed by atoms with Gasteiger partial charge in [0, 0.05) is 11.8 Å². The first-order valence-corrected chi connectivity index (χ1v) is 12.2. The summed E-state index contributed by atoms with van der Waals surface area (Å²) in [6.07, 6.45) is 4.70. The molecule has 32 heavy (non-hydrogen) atoms. The van der Waals surface area contributed by atoms with Crippen molar-refractivity contribution in [2.75, 3.05) is 6.61 Å². The monoisotopic (exact) mass is 446 g/mol. The maximum Gasteiger partial charge on any atom is 0.309 e. The van der Waals surface area contributed by atoms with Crippen molar-refractivity contribution in [3.8, 4) is 0 Å². The Kier molecular flexibility index (Phi) is 5.73. The third kappa shape index (κ3) is 3.08. The van der Waals surface area contributed by atoms with Crippen LogP contribution in [-0.2, 0) is 19.1 Å². The van der Waals surface area contributed by atoms with Crippen molar-refractivity contribution in [3.63, 3.8) is 0 Å². The molecule has 0 aromatic rings. The van der Waals surface area contributed by atoms with Gasteiger partial charge in [0.15, 0.2) is 11.4 Å². The Bertz CT molecular complexity index is 860. The molecule has 0 spiro atoms. The van der Waals surface area contributed by atoms with Crippen molar-refractivity contribution in [1.82, 2.24) is 0 Å². The van der Waals surface area contributed by atoms with Gasteiger partial charge in [0.2, 0.25) is 5.78 Å². The number of ether oxygens (including phenoxy) is 1. The molecule has 6 nitrogen and oxygen atoms in total. The maximum absolute atomic E-state index is 13.2. The Morgan fingerprint density at radius 2 is 1.94 bits per heavy atom. The minimum atomic E-state index is -1.40. The number of allylic oxidation sites excluding steroid dienone is 1. The molecule has 0 bridgehead atoms. The Morgan fingerprint density at radius 1 is 1.25 bits per heavy atom. The third-order valence-electron chi connectivity index (χ3n) is 9.67. The van der Waals surface area contributed by atoms with Gasteiger partial charge in [-0.25, -0.2) is 0 Å². The van der Waals surface area contributed by atoms with Crippen LogP contribution < -0.4 is 0 Å². The van der Waals surface area contributed by atoms with E-state index < -0.39 is 35.5 Å². The van der Waals surface area contributed by atoms with E-state index in [1.54, 1.807) is 13.8 Å². The van der Waals surface area contributed by atoms with Gasteiger partial charge in [-0.1, -0.05) is 40.2 Å². The normalized spacial score (nSPS) is 45.6. The molecule has 0 aromatic carbocycles. The average Bonchev–Trinajstić information content (AvgIpc) is 3.01. The topological polar surface area (TPSA) is 101 Å². The SMILES string of the molecule is CC(C)C(=O)O[C@]1(C(=O)CO)CC[C@H]2[C@@H]3C[C@H](C)C4=CC(=O)CC[C@]4(C)[C@H]3[C@@H](O)C[C@@]21C. The van der Waals surface area contributed by atoms with Crippen molar-refractivity contribution in [3.05, 3.63) is 11.6 Å². The summed E-state index contributed by atoms with van der Waals surface area (Å²) in [4.78, 5) is 38.0. The van der Waals surface area contributed by atoms with Crippen LogP contribution in [0, 0.1) is 40.4 Å². The highest BCUT2D eigenvalue weighted by Crippen LogP contribution is 2.69. The molecule has 0 heterocycles. The number of esters is 1. The number of ketones is 2. The summed E-state index contributed by atoms with van der Waals surface area (Å²) in [6, 6.07) is 0. The number of rotatable bonds is 4. The minimum Gasteiger partial charge on any atom is -0.450 e. The van der Waals surface area contributed by atoms with Crippen LogP contribution in [0.25, 0.3) is 0 Å². The van der Waals surface area contributed by atoms with Crippen LogP contribution in [0.2, 0.25) is 0 Å². The Morgan fingerprint density at radius 3 is 2.56 bits per heavy atom. The van der Waals surface area contributed by atoms with Crippen LogP contribution in [0.3, 0.4) is 0 Å². The minimum absolute atomic E-state index is 0.0111. The molecule has 4 aliphatic carbocycles. The highest BCUT2D eigenvalue weighted by Gasteiger charge is 2.70. The number of carbonyl (C=O) groups excluding carboxylic acids is 3. The zero-order chi connectivity index (χ0) is 23.6. The predicted molar refractivity (Wildman–Crippen MR) is 118 cm³/mol. The quantitative estimate of drug-likeness (QED) is 0.643. The van der Waals surface area contributed by atoms with E-state index in [0.29, 0.717) is 19.3 Å². The first-order chi connectivity index (χ1) is 14.9. The van der Waals surface area contributed by atoms with Crippen LogP contribution in [0.5, 0.6) is 0 Å². The zero-order valence-electron chi connectivity index (χ0n) is 20.0. The number of hydrogen-bond donors (Lipinski definition) is 2. The fourth-order valence-corrected chi connectivity index (χ4v) is 8.21. The summed E-state index contributed by atoms with van der Waals surface area (Å²) in [5, 5.41) is 21.4. The number of fused-ring (bicyclic) bond motifs is 5. The van der Waals surface area contributed by atoms with Gasteiger partial charge in [0.1, 0.15) is 6.61 Å². The zero-order valence-corrected chi connectivity index (χ0v) is 20.0. The van der Waals surface area contributed by atoms with E-state index in [1.165, 1.54) is 5.57 Å². The summed E-state index contributed by atoms with van der Waals surface area (Å²) in [7, 11) is 0. The lowest BCUT2D eigenvalue weighted by Gasteiger charge is -2.62. The lowest BCUT2D eigenvalue weighted by molar-refractivity contribution is -0.205. The lowest BCUT2D eigenvalue weighted by Crippen LogP contribution is -2.64. The van der Waals surface area contributed by atoms with Crippen molar-refractivity contribution in [2.24, 2.45) is 40.4 Å². The Hall–Kier alpha value is -1.53. The van der Waals surface area contributed by atoms with Gasteiger partial charge in [0.25, 0.3) is 0 Å². The second-order valence-corrected chi connectivity index (χ2v) is 11.6. The van der Waals surface area contributed by atoms with E-state index in [-0.39, 0.29) is 40.8 Å². The first-order valence-electron chi connectivity index (χ1n) is 12.2. The fraction of sp³-hybridized carbons (Fsp3) is 0.808. The number of carbonyl (C=O) groups is 3. The van der Waals surface area contributed by atoms with Crippen LogP contribution >= 0.6 is 0 Å². The molecular weight excluding hydrogens is 408 g/mol. The smallest absolute Gasteiger partial charge is 0.309 e. The summed E-state index contributed by atoms with van der Waals surface area (Å²) in [6.45, 7) is 9.14. The largest absolute Gasteiger partial charge is 0.450 e. The molecule has 0 amide bonds. The average molecular weight is 447 g/mol. The van der Waals surface area contributed by atoms with Crippen molar-refractivity contribution < 1.29 is 29.3 Å². The molecule has 2 N–H and O–H groups in total. The number of aliphatic hydroxyl groups excluding tert-OH is 2. The van der Waals surface area contributed by atoms with E-state index in [1.807, 2.05) is 13.0 Å². The van der Waals surface area contributed by atoms with Crippen LogP contribution in [0.4, 0.5) is 0 Å². The summed E-state index contributed by atoms with van der Waals surface area (Å²) in [5.74, 6) is -0.606. The Labute approximate surface area is 190 Å². The Balaban J connectivity index is 1.77. The maximum atomic E-state index is 13.2. The number of Topliss-reactive ketones (excluding diaryl/α,β-unsaturated/α-hetero) is 1. The molecule has 0 saturated heterocycles. The summed E-state index contributed by atoms with van der Waals surface area (Å²) < 4.78 is 5.97. The predicted octanol–water partition coefficient (Wildman–Crippen LogP) is 3.23. The van der Waals surface area contributed by atoms with Gasteiger partial charge in [-0.05, 0) is 67.3 Å². The molecule has 0 aromatic heterocycles. The molecule has 178 valence electrons. The van der Waals surface area contributed by atoms with Crippen LogP contribution in [0.15, 0.2) is 11.6 Å². The van der Waals surface area contributed by atoms with E-state index in [2.05, 4.69) is 13.8 Å². The van der Waals surface area contributed by atoms with Gasteiger partial charge < -0.3 is 14.9 Å². The van der Waals surface area contributed by atoms with E-state index in [4.69, 9.17) is 4.74 Å². The van der Waals surface area contributed by atoms with Crippen LogP contribution in [0.1, 0.15) is 73.1 Å². The van der Waals surface area contributed by atoms with E-state index in [0.717, 1.165) is 19.3 Å². The molecule has 8 atom stereocenters. The molecule has 3 fully saturated rings. The van der Waals surface area contributed by atoms with Gasteiger partial charge in [0.05, 0.1) is 12.0 Å². The van der Waals surface area contributed by atoms with Crippen molar-refractivity contribution in [2.45, 2.75) is 84.8 Å². The molecule has 0 radical (unpaired) electrons. The number of hydrogen-bond acceptors (Lipinski definition) is 6. The van der Waals surface area contributed by atoms with Crippen molar-refractivity contribution in [1.29, 1.82) is 0 Å². The standard InChI is InChI=1S/C26H38O6/c1-14(2)23(31)32-26(21(30)13-27)9-7-18-17-10-15(3)19-11-16(28)6-8-24(19,4)22(17)20(29)12-25(18,26)5/h11,14-15,17-18,20,22,27,29H,6-10,12-13H2,1-5H3/t15-,17-,18-,20-,22+,24-,25-,26-/m0/s1. The number of aliphatic hydroxyl groups is 2. The first kappa shape index (κ1) is 23.6. The second-order valence-electron chi connectivity index (χ2n) is 11.6. The van der Waals surface area contributed by atoms with E-state index >= 15 is 0 Å². The molecular formula is C26H38O6. The van der Waals surface area contributed by atoms with Crippen LogP contribution in [-0.4, -0.2) is 46.1 Å². The molecule has 4 rings (SSSR count). The van der Waals surface area contributed by atoms with Gasteiger partial charge in [-0.3, -0.25) is 14.4 Å². The molecule has 0 aliphatic heterocycles. The highest BCUT2D eigenvalue weighted by molar-refractivity contribution is 5.93. The third-order valence-corrected chi connectivity index (χ3v) is 9.67. The molecule has 4 aliphatic rings.